The Morgan fingerprint density at radius 2 is 1.69 bits per heavy atom. The molecule has 36 heavy (non-hydrogen) atoms. The van der Waals surface area contributed by atoms with E-state index < -0.39 is 35.1 Å². The van der Waals surface area contributed by atoms with Crippen LogP contribution < -0.4 is 5.32 Å². The molecule has 2 aliphatic rings. The van der Waals surface area contributed by atoms with E-state index in [9.17, 15) is 31.1 Å². The molecular formula is C26H28F6N2O2. The monoisotopic (exact) mass is 514 g/mol. The lowest BCUT2D eigenvalue weighted by atomic mass is 9.81. The first-order valence-corrected chi connectivity index (χ1v) is 11.9. The van der Waals surface area contributed by atoms with Gasteiger partial charge in [-0.1, -0.05) is 30.3 Å². The van der Waals surface area contributed by atoms with Crippen LogP contribution in [-0.2, 0) is 27.4 Å². The first-order chi connectivity index (χ1) is 16.9. The lowest BCUT2D eigenvalue weighted by molar-refractivity contribution is -0.143. The van der Waals surface area contributed by atoms with Gasteiger partial charge in [-0.15, -0.1) is 0 Å². The van der Waals surface area contributed by atoms with E-state index in [1.807, 2.05) is 35.2 Å². The summed E-state index contributed by atoms with van der Waals surface area (Å²) in [5, 5.41) is 3.50. The topological polar surface area (TPSA) is 41.6 Å². The van der Waals surface area contributed by atoms with E-state index in [1.165, 1.54) is 6.92 Å². The molecule has 2 fully saturated rings. The molecule has 1 N–H and O–H groups in total. The summed E-state index contributed by atoms with van der Waals surface area (Å²) in [5.74, 6) is 0.129. The molecule has 2 saturated heterocycles. The minimum atomic E-state index is -4.92. The molecule has 4 rings (SSSR count). The summed E-state index contributed by atoms with van der Waals surface area (Å²) in [6.45, 7) is 2.72. The predicted molar refractivity (Wildman–Crippen MR) is 121 cm³/mol. The number of ether oxygens (including phenoxy) is 1. The average molecular weight is 515 g/mol. The maximum atomic E-state index is 13.3. The molecule has 1 amide bonds. The molecule has 3 atom stereocenters. The van der Waals surface area contributed by atoms with Crippen molar-refractivity contribution in [1.82, 2.24) is 10.2 Å². The number of nitrogens with one attached hydrogen (secondary N) is 1. The quantitative estimate of drug-likeness (QED) is 0.476. The number of carbonyl (C=O) groups excluding carboxylic acids is 1. The molecule has 0 saturated carbocycles. The van der Waals surface area contributed by atoms with Gasteiger partial charge in [0.1, 0.15) is 0 Å². The van der Waals surface area contributed by atoms with Crippen molar-refractivity contribution in [3.05, 3.63) is 70.8 Å². The van der Waals surface area contributed by atoms with E-state index >= 15 is 0 Å². The van der Waals surface area contributed by atoms with Gasteiger partial charge in [0.2, 0.25) is 5.91 Å². The average Bonchev–Trinajstić information content (AvgIpc) is 3.27. The highest BCUT2D eigenvalue weighted by atomic mass is 19.4. The van der Waals surface area contributed by atoms with E-state index in [0.29, 0.717) is 44.5 Å². The normalized spacial score (nSPS) is 24.2. The lowest BCUT2D eigenvalue weighted by Gasteiger charge is -2.44. The zero-order valence-electron chi connectivity index (χ0n) is 19.8. The highest BCUT2D eigenvalue weighted by Gasteiger charge is 2.41. The molecule has 0 spiro atoms. The molecule has 0 bridgehead atoms. The molecule has 4 nitrogen and oxygen atoms in total. The SMILES string of the molecule is C[C@@H](OC[C@@]1(c2ccccc2)CCC(N2CCCC2=O)CN1)c1cc(C(F)(F)F)cc(C(F)(F)F)c1. The van der Waals surface area contributed by atoms with E-state index in [0.717, 1.165) is 12.0 Å². The van der Waals surface area contributed by atoms with Crippen LogP contribution in [0.2, 0.25) is 0 Å². The van der Waals surface area contributed by atoms with E-state index in [4.69, 9.17) is 4.74 Å². The Hall–Kier alpha value is -2.59. The third kappa shape index (κ3) is 5.70. The maximum Gasteiger partial charge on any atom is 0.416 e. The number of likely N-dealkylation sites (tertiary alicyclic amines) is 1. The summed E-state index contributed by atoms with van der Waals surface area (Å²) in [6, 6.07) is 11.0. The van der Waals surface area contributed by atoms with Crippen LogP contribution in [0.4, 0.5) is 26.3 Å². The zero-order valence-corrected chi connectivity index (χ0v) is 19.8. The number of rotatable bonds is 6. The fourth-order valence-electron chi connectivity index (χ4n) is 5.03. The van der Waals surface area contributed by atoms with Gasteiger partial charge in [0.25, 0.3) is 0 Å². The zero-order chi connectivity index (χ0) is 26.1. The van der Waals surface area contributed by atoms with Crippen molar-refractivity contribution in [3.8, 4) is 0 Å². The third-order valence-corrected chi connectivity index (χ3v) is 7.12. The van der Waals surface area contributed by atoms with Gasteiger partial charge in [-0.2, -0.15) is 26.3 Å². The number of amides is 1. The smallest absolute Gasteiger partial charge is 0.372 e. The van der Waals surface area contributed by atoms with Crippen LogP contribution in [-0.4, -0.2) is 36.5 Å². The van der Waals surface area contributed by atoms with Crippen molar-refractivity contribution in [2.75, 3.05) is 19.7 Å². The molecule has 0 aliphatic carbocycles. The first kappa shape index (κ1) is 26.5. The second-order valence-corrected chi connectivity index (χ2v) is 9.50. The fourth-order valence-corrected chi connectivity index (χ4v) is 5.03. The van der Waals surface area contributed by atoms with E-state index in [1.54, 1.807) is 0 Å². The largest absolute Gasteiger partial charge is 0.416 e. The molecule has 2 aliphatic heterocycles. The van der Waals surface area contributed by atoms with Crippen molar-refractivity contribution in [1.29, 1.82) is 0 Å². The Morgan fingerprint density at radius 3 is 2.19 bits per heavy atom. The number of alkyl halides is 6. The van der Waals surface area contributed by atoms with Crippen LogP contribution in [0.25, 0.3) is 0 Å². The highest BCUT2D eigenvalue weighted by Crippen LogP contribution is 2.39. The van der Waals surface area contributed by atoms with Gasteiger partial charge >= 0.3 is 12.4 Å². The van der Waals surface area contributed by atoms with Gasteiger partial charge in [0.05, 0.1) is 29.4 Å². The van der Waals surface area contributed by atoms with Crippen molar-refractivity contribution in [2.24, 2.45) is 0 Å². The number of benzene rings is 2. The van der Waals surface area contributed by atoms with Crippen molar-refractivity contribution < 1.29 is 35.9 Å². The lowest BCUT2D eigenvalue weighted by Crippen LogP contribution is -2.57. The molecule has 2 heterocycles. The third-order valence-electron chi connectivity index (χ3n) is 7.12. The number of carbonyl (C=O) groups is 1. The number of nitrogens with zero attached hydrogens (tertiary/aromatic N) is 1. The van der Waals surface area contributed by atoms with Crippen LogP contribution in [0.1, 0.15) is 61.0 Å². The van der Waals surface area contributed by atoms with E-state index in [2.05, 4.69) is 5.32 Å². The van der Waals surface area contributed by atoms with Crippen LogP contribution in [0.5, 0.6) is 0 Å². The number of halogens is 6. The molecular weight excluding hydrogens is 486 g/mol. The first-order valence-electron chi connectivity index (χ1n) is 11.9. The van der Waals surface area contributed by atoms with Crippen LogP contribution in [0.3, 0.4) is 0 Å². The summed E-state index contributed by atoms with van der Waals surface area (Å²) >= 11 is 0. The summed E-state index contributed by atoms with van der Waals surface area (Å²) < 4.78 is 85.8. The van der Waals surface area contributed by atoms with Gasteiger partial charge < -0.3 is 15.0 Å². The van der Waals surface area contributed by atoms with Gasteiger partial charge in [-0.25, -0.2) is 0 Å². The Labute approximate surface area is 205 Å². The Balaban J connectivity index is 1.55. The Bertz CT molecular complexity index is 1030. The second-order valence-electron chi connectivity index (χ2n) is 9.50. The Kier molecular flexibility index (Phi) is 7.39. The molecule has 2 aromatic rings. The van der Waals surface area contributed by atoms with Gasteiger partial charge in [0, 0.05) is 25.6 Å². The number of piperidine rings is 1. The number of hydrogen-bond donors (Lipinski definition) is 1. The van der Waals surface area contributed by atoms with E-state index in [-0.39, 0.29) is 30.2 Å². The summed E-state index contributed by atoms with van der Waals surface area (Å²) in [4.78, 5) is 14.1. The summed E-state index contributed by atoms with van der Waals surface area (Å²) in [7, 11) is 0. The fraction of sp³-hybridized carbons (Fsp3) is 0.500. The minimum Gasteiger partial charge on any atom is -0.372 e. The van der Waals surface area contributed by atoms with Crippen molar-refractivity contribution in [2.45, 2.75) is 62.6 Å². The Morgan fingerprint density at radius 1 is 1.06 bits per heavy atom. The van der Waals surface area contributed by atoms with Crippen LogP contribution in [0, 0.1) is 0 Å². The molecule has 0 radical (unpaired) electrons. The second kappa shape index (κ2) is 10.0. The molecule has 0 aromatic heterocycles. The molecule has 2 aromatic carbocycles. The standard InChI is InChI=1S/C26H28F6N2O2/c1-17(18-12-20(25(27,28)29)14-21(13-18)26(30,31)32)36-16-24(19-6-3-2-4-7-19)10-9-22(15-33-24)34-11-5-8-23(34)35/h2-4,6-7,12-14,17,22,33H,5,8-11,15-16H2,1H3/t17-,22?,24-/m1/s1. The molecule has 196 valence electrons. The van der Waals surface area contributed by atoms with Crippen molar-refractivity contribution >= 4 is 5.91 Å². The number of hydrogen-bond acceptors (Lipinski definition) is 3. The van der Waals surface area contributed by atoms with Crippen molar-refractivity contribution in [3.63, 3.8) is 0 Å². The summed E-state index contributed by atoms with van der Waals surface area (Å²) in [6.07, 6.45) is -8.20. The molecule has 10 heteroatoms. The highest BCUT2D eigenvalue weighted by molar-refractivity contribution is 5.78. The van der Waals surface area contributed by atoms with Gasteiger partial charge in [-0.3, -0.25) is 4.79 Å². The van der Waals surface area contributed by atoms with Gasteiger partial charge in [-0.05, 0) is 55.5 Å². The maximum absolute atomic E-state index is 13.3. The summed E-state index contributed by atoms with van der Waals surface area (Å²) in [5.41, 5.74) is -2.72. The minimum absolute atomic E-state index is 0.0343. The van der Waals surface area contributed by atoms with Gasteiger partial charge in [0.15, 0.2) is 0 Å². The van der Waals surface area contributed by atoms with Crippen LogP contribution >= 0.6 is 0 Å². The predicted octanol–water partition coefficient (Wildman–Crippen LogP) is 6.07. The molecule has 1 unspecified atom stereocenters. The van der Waals surface area contributed by atoms with Crippen LogP contribution in [0.15, 0.2) is 48.5 Å².